The smallest absolute Gasteiger partial charge is 0.211 e. The van der Waals surface area contributed by atoms with Crippen molar-refractivity contribution in [3.8, 4) is 0 Å². The molecule has 0 fully saturated rings. The molecular formula is C3H5N2OP. The van der Waals surface area contributed by atoms with E-state index in [1.54, 1.807) is 0 Å². The summed E-state index contributed by atoms with van der Waals surface area (Å²) in [5.74, 6) is 0.421. The zero-order valence-corrected chi connectivity index (χ0v) is 4.74. The minimum Gasteiger partial charge on any atom is -0.443 e. The van der Waals surface area contributed by atoms with Gasteiger partial charge in [-0.15, -0.1) is 0 Å². The molecule has 0 aliphatic rings. The molecular weight excluding hydrogens is 111 g/mol. The molecule has 0 spiro atoms. The molecule has 0 aliphatic carbocycles. The second-order valence-electron chi connectivity index (χ2n) is 1.11. The van der Waals surface area contributed by atoms with E-state index in [-0.39, 0.29) is 0 Å². The Hall–Kier alpha value is -0.560. The van der Waals surface area contributed by atoms with E-state index in [2.05, 4.69) is 14.2 Å². The van der Waals surface area contributed by atoms with Crippen molar-refractivity contribution in [2.75, 3.05) is 5.73 Å². The van der Waals surface area contributed by atoms with Crippen LogP contribution in [0, 0.1) is 0 Å². The second-order valence-corrected chi connectivity index (χ2v) is 1.60. The number of hydrogen-bond donors (Lipinski definition) is 1. The number of hydrogen-bond acceptors (Lipinski definition) is 3. The Kier molecular flexibility index (Phi) is 0.988. The summed E-state index contributed by atoms with van der Waals surface area (Å²) >= 11 is 0. The molecule has 4 heteroatoms. The van der Waals surface area contributed by atoms with Gasteiger partial charge in [0.1, 0.15) is 6.26 Å². The zero-order chi connectivity index (χ0) is 5.28. The van der Waals surface area contributed by atoms with Crippen LogP contribution in [-0.2, 0) is 0 Å². The minimum atomic E-state index is 0.421. The molecule has 0 saturated heterocycles. The maximum absolute atomic E-state index is 5.16. The van der Waals surface area contributed by atoms with Crippen LogP contribution in [-0.4, -0.2) is 4.98 Å². The lowest BCUT2D eigenvalue weighted by molar-refractivity contribution is 0.599. The Bertz CT molecular complexity index is 145. The quantitative estimate of drug-likeness (QED) is 0.476. The van der Waals surface area contributed by atoms with Gasteiger partial charge in [0.2, 0.25) is 5.63 Å². The van der Waals surface area contributed by atoms with Gasteiger partial charge in [0.25, 0.3) is 0 Å². The standard InChI is InChI=1S/C3H5N2OP/c4-2-1-6-3(7)5-2/h1H,4,7H2. The summed E-state index contributed by atoms with van der Waals surface area (Å²) in [5.41, 5.74) is 5.69. The SMILES string of the molecule is Nc1coc(P)n1. The first-order valence-electron chi connectivity index (χ1n) is 1.75. The summed E-state index contributed by atoms with van der Waals surface area (Å²) < 4.78 is 4.69. The largest absolute Gasteiger partial charge is 0.443 e. The third-order valence-electron chi connectivity index (χ3n) is 0.540. The lowest BCUT2D eigenvalue weighted by atomic mass is 10.8. The minimum absolute atomic E-state index is 0.421. The normalized spacial score (nSPS) is 9.29. The summed E-state index contributed by atoms with van der Waals surface area (Å²) in [6, 6.07) is 0. The molecule has 0 bridgehead atoms. The molecule has 1 unspecified atom stereocenters. The van der Waals surface area contributed by atoms with Crippen molar-refractivity contribution < 1.29 is 4.42 Å². The summed E-state index contributed by atoms with van der Waals surface area (Å²) in [5, 5.41) is 0. The van der Waals surface area contributed by atoms with Gasteiger partial charge in [0.05, 0.1) is 0 Å². The van der Waals surface area contributed by atoms with Gasteiger partial charge in [-0.2, -0.15) is 4.98 Å². The van der Waals surface area contributed by atoms with Crippen LogP contribution >= 0.6 is 9.24 Å². The Morgan fingerprint density at radius 1 is 1.86 bits per heavy atom. The molecule has 1 heterocycles. The van der Waals surface area contributed by atoms with Gasteiger partial charge in [-0.3, -0.25) is 0 Å². The number of aromatic nitrogens is 1. The van der Waals surface area contributed by atoms with Gasteiger partial charge < -0.3 is 10.2 Å². The third-order valence-corrected chi connectivity index (χ3v) is 0.805. The number of rotatable bonds is 0. The lowest BCUT2D eigenvalue weighted by Gasteiger charge is -1.69. The van der Waals surface area contributed by atoms with Gasteiger partial charge >= 0.3 is 0 Å². The van der Waals surface area contributed by atoms with Gasteiger partial charge in [-0.05, 0) is 9.24 Å². The van der Waals surface area contributed by atoms with Crippen LogP contribution in [0.2, 0.25) is 0 Å². The molecule has 0 amide bonds. The van der Waals surface area contributed by atoms with Gasteiger partial charge in [-0.1, -0.05) is 0 Å². The molecule has 0 aliphatic heterocycles. The average molecular weight is 116 g/mol. The van der Waals surface area contributed by atoms with Crippen molar-refractivity contribution in [3.63, 3.8) is 0 Å². The van der Waals surface area contributed by atoms with E-state index in [0.29, 0.717) is 11.4 Å². The molecule has 3 nitrogen and oxygen atoms in total. The molecule has 1 aromatic rings. The monoisotopic (exact) mass is 116 g/mol. The van der Waals surface area contributed by atoms with Crippen molar-refractivity contribution in [3.05, 3.63) is 6.26 Å². The van der Waals surface area contributed by atoms with Crippen molar-refractivity contribution >= 4 is 20.7 Å². The van der Waals surface area contributed by atoms with E-state index < -0.39 is 0 Å². The molecule has 7 heavy (non-hydrogen) atoms. The van der Waals surface area contributed by atoms with Crippen LogP contribution in [0.5, 0.6) is 0 Å². The Morgan fingerprint density at radius 3 is 2.71 bits per heavy atom. The highest BCUT2D eigenvalue weighted by molar-refractivity contribution is 7.26. The van der Waals surface area contributed by atoms with Crippen molar-refractivity contribution in [1.29, 1.82) is 0 Å². The molecule has 0 saturated carbocycles. The second kappa shape index (κ2) is 1.51. The van der Waals surface area contributed by atoms with E-state index in [9.17, 15) is 0 Å². The summed E-state index contributed by atoms with van der Waals surface area (Å²) in [6.45, 7) is 0. The van der Waals surface area contributed by atoms with Crippen LogP contribution in [0.15, 0.2) is 10.7 Å². The fraction of sp³-hybridized carbons (Fsp3) is 0. The van der Waals surface area contributed by atoms with Crippen LogP contribution in [0.25, 0.3) is 0 Å². The van der Waals surface area contributed by atoms with Crippen LogP contribution in [0.1, 0.15) is 0 Å². The van der Waals surface area contributed by atoms with E-state index in [1.165, 1.54) is 6.26 Å². The summed E-state index contributed by atoms with van der Waals surface area (Å²) in [6.07, 6.45) is 1.39. The Labute approximate surface area is 43.1 Å². The highest BCUT2D eigenvalue weighted by atomic mass is 31.0. The summed E-state index contributed by atoms with van der Waals surface area (Å²) in [4.78, 5) is 3.69. The predicted molar refractivity (Wildman–Crippen MR) is 30.3 cm³/mol. The molecule has 1 atom stereocenters. The summed E-state index contributed by atoms with van der Waals surface area (Å²) in [7, 11) is 2.29. The number of nitrogen functional groups attached to an aromatic ring is 1. The fourth-order valence-electron chi connectivity index (χ4n) is 0.301. The first-order chi connectivity index (χ1) is 3.29. The van der Waals surface area contributed by atoms with E-state index in [4.69, 9.17) is 10.2 Å². The first kappa shape index (κ1) is 4.60. The highest BCUT2D eigenvalue weighted by Gasteiger charge is 1.88. The van der Waals surface area contributed by atoms with Gasteiger partial charge in [0.15, 0.2) is 5.82 Å². The fourth-order valence-corrected chi connectivity index (χ4v) is 0.518. The maximum atomic E-state index is 5.16. The molecule has 1 rings (SSSR count). The van der Waals surface area contributed by atoms with Crippen LogP contribution in [0.3, 0.4) is 0 Å². The lowest BCUT2D eigenvalue weighted by Crippen LogP contribution is -1.90. The number of anilines is 1. The molecule has 0 radical (unpaired) electrons. The molecule has 0 aromatic carbocycles. The van der Waals surface area contributed by atoms with Crippen molar-refractivity contribution in [2.45, 2.75) is 0 Å². The Balaban J connectivity index is 3.04. The van der Waals surface area contributed by atoms with Crippen LogP contribution in [0.4, 0.5) is 5.82 Å². The van der Waals surface area contributed by atoms with Gasteiger partial charge in [-0.25, -0.2) is 0 Å². The van der Waals surface area contributed by atoms with E-state index >= 15 is 0 Å². The average Bonchev–Trinajstić information content (AvgIpc) is 1.87. The topological polar surface area (TPSA) is 52.0 Å². The predicted octanol–water partition coefficient (Wildman–Crippen LogP) is -0.243. The van der Waals surface area contributed by atoms with E-state index in [1.807, 2.05) is 0 Å². The van der Waals surface area contributed by atoms with Crippen molar-refractivity contribution in [1.82, 2.24) is 4.98 Å². The third kappa shape index (κ3) is 0.904. The van der Waals surface area contributed by atoms with Crippen LogP contribution < -0.4 is 11.4 Å². The first-order valence-corrected chi connectivity index (χ1v) is 2.33. The molecule has 2 N–H and O–H groups in total. The number of oxazole rings is 1. The van der Waals surface area contributed by atoms with E-state index in [0.717, 1.165) is 0 Å². The molecule has 38 valence electrons. The van der Waals surface area contributed by atoms with Gasteiger partial charge in [0, 0.05) is 0 Å². The number of nitrogens with two attached hydrogens (primary N) is 1. The highest BCUT2D eigenvalue weighted by Crippen LogP contribution is 1.93. The molecule has 1 aromatic heterocycles. The number of nitrogens with zero attached hydrogens (tertiary/aromatic N) is 1. The van der Waals surface area contributed by atoms with Crippen molar-refractivity contribution in [2.24, 2.45) is 0 Å². The zero-order valence-electron chi connectivity index (χ0n) is 3.59. The Morgan fingerprint density at radius 2 is 2.57 bits per heavy atom. The maximum Gasteiger partial charge on any atom is 0.211 e.